The highest BCUT2D eigenvalue weighted by atomic mass is 32.1. The van der Waals surface area contributed by atoms with Crippen LogP contribution >= 0.6 is 11.3 Å². The van der Waals surface area contributed by atoms with Gasteiger partial charge in [-0.3, -0.25) is 4.90 Å². The normalized spacial score (nSPS) is 15.3. The number of aromatic nitrogens is 1. The number of nitrogens with two attached hydrogens (primary N) is 1. The van der Waals surface area contributed by atoms with Crippen LogP contribution in [0.2, 0.25) is 0 Å². The third kappa shape index (κ3) is 3.52. The standard InChI is InChI=1S/C11H21N3OS/c1-4-15-8-11(2,7-12)14(3)5-10-6-16-9-13-10/h6,9H,4-5,7-8,12H2,1-3H3. The summed E-state index contributed by atoms with van der Waals surface area (Å²) >= 11 is 1.62. The topological polar surface area (TPSA) is 51.4 Å². The maximum absolute atomic E-state index is 5.84. The third-order valence-electron chi connectivity index (χ3n) is 2.86. The Bertz CT molecular complexity index is 291. The van der Waals surface area contributed by atoms with Crippen LogP contribution in [0.1, 0.15) is 19.5 Å². The molecule has 1 atom stereocenters. The molecular weight excluding hydrogens is 222 g/mol. The smallest absolute Gasteiger partial charge is 0.0795 e. The second-order valence-corrected chi connectivity index (χ2v) is 4.89. The van der Waals surface area contributed by atoms with Crippen molar-refractivity contribution in [1.82, 2.24) is 9.88 Å². The number of ether oxygens (including phenoxy) is 1. The first-order valence-corrected chi connectivity index (χ1v) is 6.43. The maximum atomic E-state index is 5.84. The van der Waals surface area contributed by atoms with Gasteiger partial charge in [0.05, 0.1) is 23.4 Å². The molecule has 0 fully saturated rings. The SMILES string of the molecule is CCOCC(C)(CN)N(C)Cc1cscn1. The van der Waals surface area contributed by atoms with Crippen LogP contribution < -0.4 is 5.73 Å². The van der Waals surface area contributed by atoms with Gasteiger partial charge in [0, 0.05) is 25.1 Å². The summed E-state index contributed by atoms with van der Waals surface area (Å²) in [6.07, 6.45) is 0. The van der Waals surface area contributed by atoms with Gasteiger partial charge in [-0.15, -0.1) is 11.3 Å². The van der Waals surface area contributed by atoms with Gasteiger partial charge < -0.3 is 10.5 Å². The van der Waals surface area contributed by atoms with Crippen LogP contribution in [0.25, 0.3) is 0 Å². The monoisotopic (exact) mass is 243 g/mol. The molecule has 92 valence electrons. The van der Waals surface area contributed by atoms with Gasteiger partial charge in [-0.05, 0) is 20.9 Å². The molecule has 0 saturated heterocycles. The lowest BCUT2D eigenvalue weighted by Crippen LogP contribution is -2.52. The number of likely N-dealkylation sites (N-methyl/N-ethyl adjacent to an activating group) is 1. The lowest BCUT2D eigenvalue weighted by molar-refractivity contribution is 0.0197. The first-order valence-electron chi connectivity index (χ1n) is 5.48. The number of rotatable bonds is 7. The zero-order chi connectivity index (χ0) is 12.0. The van der Waals surface area contributed by atoms with Gasteiger partial charge in [-0.25, -0.2) is 4.98 Å². The lowest BCUT2D eigenvalue weighted by atomic mass is 10.0. The molecule has 0 aliphatic carbocycles. The highest BCUT2D eigenvalue weighted by Crippen LogP contribution is 2.16. The summed E-state index contributed by atoms with van der Waals surface area (Å²) in [5.41, 5.74) is 8.65. The Morgan fingerprint density at radius 3 is 2.88 bits per heavy atom. The van der Waals surface area contributed by atoms with Crippen LogP contribution in [-0.2, 0) is 11.3 Å². The van der Waals surface area contributed by atoms with Crippen LogP contribution in [-0.4, -0.2) is 42.2 Å². The number of hydrogen-bond donors (Lipinski definition) is 1. The molecule has 16 heavy (non-hydrogen) atoms. The van der Waals surface area contributed by atoms with E-state index in [1.807, 2.05) is 12.4 Å². The van der Waals surface area contributed by atoms with E-state index in [2.05, 4.69) is 29.2 Å². The molecule has 4 nitrogen and oxygen atoms in total. The van der Waals surface area contributed by atoms with Crippen molar-refractivity contribution in [3.05, 3.63) is 16.6 Å². The van der Waals surface area contributed by atoms with E-state index in [1.165, 1.54) is 0 Å². The van der Waals surface area contributed by atoms with E-state index in [4.69, 9.17) is 10.5 Å². The predicted octanol–water partition coefficient (Wildman–Crippen LogP) is 1.33. The van der Waals surface area contributed by atoms with Gasteiger partial charge in [0.25, 0.3) is 0 Å². The second-order valence-electron chi connectivity index (χ2n) is 4.17. The molecule has 0 aromatic carbocycles. The van der Waals surface area contributed by atoms with Crippen molar-refractivity contribution < 1.29 is 4.74 Å². The second kappa shape index (κ2) is 6.30. The van der Waals surface area contributed by atoms with E-state index in [0.717, 1.165) is 18.8 Å². The van der Waals surface area contributed by atoms with Crippen molar-refractivity contribution in [2.75, 3.05) is 26.8 Å². The summed E-state index contributed by atoms with van der Waals surface area (Å²) in [7, 11) is 2.06. The van der Waals surface area contributed by atoms with Crippen LogP contribution in [0.4, 0.5) is 0 Å². The largest absolute Gasteiger partial charge is 0.380 e. The van der Waals surface area contributed by atoms with Crippen molar-refractivity contribution in [2.45, 2.75) is 25.9 Å². The summed E-state index contributed by atoms with van der Waals surface area (Å²) in [6, 6.07) is 0. The minimum Gasteiger partial charge on any atom is -0.380 e. The molecule has 5 heteroatoms. The predicted molar refractivity (Wildman–Crippen MR) is 67.5 cm³/mol. The summed E-state index contributed by atoms with van der Waals surface area (Å²) in [4.78, 5) is 6.49. The Balaban J connectivity index is 2.57. The molecule has 0 aliphatic rings. The zero-order valence-corrected chi connectivity index (χ0v) is 11.1. The Hall–Kier alpha value is -0.490. The van der Waals surface area contributed by atoms with Crippen LogP contribution in [0.3, 0.4) is 0 Å². The summed E-state index contributed by atoms with van der Waals surface area (Å²) < 4.78 is 5.49. The van der Waals surface area contributed by atoms with E-state index in [-0.39, 0.29) is 5.54 Å². The molecule has 1 aromatic heterocycles. The van der Waals surface area contributed by atoms with Crippen LogP contribution in [0.15, 0.2) is 10.9 Å². The van der Waals surface area contributed by atoms with Gasteiger partial charge >= 0.3 is 0 Å². The van der Waals surface area contributed by atoms with E-state index < -0.39 is 0 Å². The molecule has 1 unspecified atom stereocenters. The fraction of sp³-hybridized carbons (Fsp3) is 0.727. The maximum Gasteiger partial charge on any atom is 0.0795 e. The molecule has 0 aliphatic heterocycles. The quantitative estimate of drug-likeness (QED) is 0.785. The van der Waals surface area contributed by atoms with Crippen molar-refractivity contribution in [1.29, 1.82) is 0 Å². The molecule has 0 saturated carbocycles. The van der Waals surface area contributed by atoms with E-state index in [1.54, 1.807) is 11.3 Å². The Morgan fingerprint density at radius 2 is 2.38 bits per heavy atom. The molecule has 1 heterocycles. The molecule has 2 N–H and O–H groups in total. The molecular formula is C11H21N3OS. The Kier molecular flexibility index (Phi) is 5.34. The highest BCUT2D eigenvalue weighted by Gasteiger charge is 2.28. The zero-order valence-electron chi connectivity index (χ0n) is 10.3. The number of hydrogen-bond acceptors (Lipinski definition) is 5. The molecule has 1 rings (SSSR count). The molecule has 0 bridgehead atoms. The Morgan fingerprint density at radius 1 is 1.62 bits per heavy atom. The van der Waals surface area contributed by atoms with Gasteiger partial charge in [0.1, 0.15) is 0 Å². The summed E-state index contributed by atoms with van der Waals surface area (Å²) in [5, 5.41) is 2.06. The first-order chi connectivity index (χ1) is 7.62. The fourth-order valence-corrected chi connectivity index (χ4v) is 1.95. The third-order valence-corrected chi connectivity index (χ3v) is 3.50. The van der Waals surface area contributed by atoms with Crippen molar-refractivity contribution >= 4 is 11.3 Å². The lowest BCUT2D eigenvalue weighted by Gasteiger charge is -2.37. The molecule has 0 spiro atoms. The Labute approximate surface area is 101 Å². The van der Waals surface area contributed by atoms with Crippen molar-refractivity contribution in [2.24, 2.45) is 5.73 Å². The average molecular weight is 243 g/mol. The number of thiazole rings is 1. The average Bonchev–Trinajstić information content (AvgIpc) is 2.78. The highest BCUT2D eigenvalue weighted by molar-refractivity contribution is 7.07. The molecule has 0 radical (unpaired) electrons. The molecule has 1 aromatic rings. The van der Waals surface area contributed by atoms with E-state index >= 15 is 0 Å². The van der Waals surface area contributed by atoms with Gasteiger partial charge in [-0.1, -0.05) is 0 Å². The van der Waals surface area contributed by atoms with E-state index in [0.29, 0.717) is 13.2 Å². The van der Waals surface area contributed by atoms with Gasteiger partial charge in [0.2, 0.25) is 0 Å². The van der Waals surface area contributed by atoms with Crippen molar-refractivity contribution in [3.63, 3.8) is 0 Å². The number of nitrogens with zero attached hydrogens (tertiary/aromatic N) is 2. The van der Waals surface area contributed by atoms with E-state index in [9.17, 15) is 0 Å². The fourth-order valence-electron chi connectivity index (χ4n) is 1.40. The first kappa shape index (κ1) is 13.6. The van der Waals surface area contributed by atoms with Crippen LogP contribution in [0, 0.1) is 0 Å². The van der Waals surface area contributed by atoms with Gasteiger partial charge in [-0.2, -0.15) is 0 Å². The minimum absolute atomic E-state index is 0.125. The summed E-state index contributed by atoms with van der Waals surface area (Å²) in [5.74, 6) is 0. The van der Waals surface area contributed by atoms with Crippen LogP contribution in [0.5, 0.6) is 0 Å². The molecule has 0 amide bonds. The van der Waals surface area contributed by atoms with Crippen molar-refractivity contribution in [3.8, 4) is 0 Å². The minimum atomic E-state index is -0.125. The summed E-state index contributed by atoms with van der Waals surface area (Å²) in [6.45, 7) is 6.88. The van der Waals surface area contributed by atoms with Gasteiger partial charge in [0.15, 0.2) is 0 Å².